The quantitative estimate of drug-likeness (QED) is 0.701. The molecule has 0 spiro atoms. The normalized spacial score (nSPS) is 14.0. The highest BCUT2D eigenvalue weighted by Crippen LogP contribution is 2.29. The summed E-state index contributed by atoms with van der Waals surface area (Å²) in [6, 6.07) is 14.3. The van der Waals surface area contributed by atoms with Crippen molar-refractivity contribution in [2.24, 2.45) is 0 Å². The molecule has 3 aromatic rings. The SMILES string of the molecule is Cc1cccc(Nc2nncc(Nc3ccccc3N3CCOCC3)n2)c1C. The minimum Gasteiger partial charge on any atom is -0.378 e. The molecular weight excluding hydrogens is 352 g/mol. The summed E-state index contributed by atoms with van der Waals surface area (Å²) in [7, 11) is 0. The summed E-state index contributed by atoms with van der Waals surface area (Å²) in [5.41, 5.74) is 5.48. The van der Waals surface area contributed by atoms with Crippen molar-refractivity contribution < 1.29 is 4.74 Å². The third-order valence-electron chi connectivity index (χ3n) is 4.93. The zero-order valence-corrected chi connectivity index (χ0v) is 16.1. The van der Waals surface area contributed by atoms with Gasteiger partial charge in [0, 0.05) is 18.8 Å². The Balaban J connectivity index is 1.55. The van der Waals surface area contributed by atoms with Crippen molar-refractivity contribution in [1.29, 1.82) is 0 Å². The van der Waals surface area contributed by atoms with Crippen LogP contribution in [0.3, 0.4) is 0 Å². The molecule has 2 aromatic carbocycles. The minimum absolute atomic E-state index is 0.461. The standard InChI is InChI=1S/C21H24N6O/c1-15-6-5-8-17(16(15)2)24-21-25-20(14-22-26-21)23-18-7-3-4-9-19(18)27-10-12-28-13-11-27/h3-9,14H,10-13H2,1-2H3,(H2,23,24,25,26). The van der Waals surface area contributed by atoms with E-state index in [9.17, 15) is 0 Å². The lowest BCUT2D eigenvalue weighted by Gasteiger charge is -2.30. The van der Waals surface area contributed by atoms with Gasteiger partial charge >= 0.3 is 0 Å². The highest BCUT2D eigenvalue weighted by atomic mass is 16.5. The van der Waals surface area contributed by atoms with E-state index in [1.54, 1.807) is 6.20 Å². The van der Waals surface area contributed by atoms with Crippen LogP contribution in [0.4, 0.5) is 28.8 Å². The summed E-state index contributed by atoms with van der Waals surface area (Å²) < 4.78 is 5.47. The van der Waals surface area contributed by atoms with Crippen molar-refractivity contribution >= 4 is 28.8 Å². The van der Waals surface area contributed by atoms with Gasteiger partial charge in [-0.2, -0.15) is 10.1 Å². The van der Waals surface area contributed by atoms with E-state index in [-0.39, 0.29) is 0 Å². The lowest BCUT2D eigenvalue weighted by Crippen LogP contribution is -2.36. The van der Waals surface area contributed by atoms with Gasteiger partial charge in [0.15, 0.2) is 5.82 Å². The number of ether oxygens (including phenoxy) is 1. The number of anilines is 5. The number of rotatable bonds is 5. The van der Waals surface area contributed by atoms with Crippen LogP contribution in [0.2, 0.25) is 0 Å². The number of para-hydroxylation sites is 2. The molecule has 0 atom stereocenters. The summed E-state index contributed by atoms with van der Waals surface area (Å²) >= 11 is 0. The number of hydrogen-bond donors (Lipinski definition) is 2. The summed E-state index contributed by atoms with van der Waals surface area (Å²) in [5.74, 6) is 1.10. The second-order valence-electron chi connectivity index (χ2n) is 6.78. The number of aryl methyl sites for hydroxylation is 1. The van der Waals surface area contributed by atoms with E-state index in [4.69, 9.17) is 4.74 Å². The highest BCUT2D eigenvalue weighted by Gasteiger charge is 2.15. The highest BCUT2D eigenvalue weighted by molar-refractivity contribution is 5.74. The van der Waals surface area contributed by atoms with Crippen molar-refractivity contribution in [3.05, 3.63) is 59.8 Å². The van der Waals surface area contributed by atoms with Gasteiger partial charge in [-0.05, 0) is 43.2 Å². The van der Waals surface area contributed by atoms with Gasteiger partial charge in [0.2, 0.25) is 5.95 Å². The topological polar surface area (TPSA) is 75.2 Å². The molecule has 1 fully saturated rings. The number of nitrogens with zero attached hydrogens (tertiary/aromatic N) is 4. The Labute approximate surface area is 164 Å². The molecule has 0 saturated carbocycles. The molecule has 0 unspecified atom stereocenters. The van der Waals surface area contributed by atoms with Gasteiger partial charge in [-0.3, -0.25) is 0 Å². The van der Waals surface area contributed by atoms with E-state index in [0.717, 1.165) is 43.4 Å². The Morgan fingerprint density at radius 1 is 0.929 bits per heavy atom. The molecule has 1 aromatic heterocycles. The van der Waals surface area contributed by atoms with Gasteiger partial charge < -0.3 is 20.3 Å². The fraction of sp³-hybridized carbons (Fsp3) is 0.286. The van der Waals surface area contributed by atoms with Crippen molar-refractivity contribution in [3.63, 3.8) is 0 Å². The Morgan fingerprint density at radius 3 is 2.57 bits per heavy atom. The molecule has 1 aliphatic rings. The van der Waals surface area contributed by atoms with E-state index in [1.165, 1.54) is 11.1 Å². The van der Waals surface area contributed by atoms with Crippen molar-refractivity contribution in [2.75, 3.05) is 41.8 Å². The number of aromatic nitrogens is 3. The molecule has 7 nitrogen and oxygen atoms in total. The third-order valence-corrected chi connectivity index (χ3v) is 4.93. The van der Waals surface area contributed by atoms with Crippen LogP contribution in [-0.4, -0.2) is 41.5 Å². The lowest BCUT2D eigenvalue weighted by molar-refractivity contribution is 0.123. The fourth-order valence-electron chi connectivity index (χ4n) is 3.22. The van der Waals surface area contributed by atoms with Crippen LogP contribution in [0.25, 0.3) is 0 Å². The van der Waals surface area contributed by atoms with Gasteiger partial charge in [0.25, 0.3) is 0 Å². The van der Waals surface area contributed by atoms with Gasteiger partial charge in [-0.1, -0.05) is 24.3 Å². The molecule has 0 radical (unpaired) electrons. The minimum atomic E-state index is 0.461. The molecule has 0 bridgehead atoms. The number of hydrogen-bond acceptors (Lipinski definition) is 7. The first-order chi connectivity index (χ1) is 13.7. The summed E-state index contributed by atoms with van der Waals surface area (Å²) in [4.78, 5) is 6.90. The molecule has 2 N–H and O–H groups in total. The number of nitrogens with one attached hydrogen (secondary N) is 2. The Hall–Kier alpha value is -3.19. The van der Waals surface area contributed by atoms with Crippen molar-refractivity contribution in [1.82, 2.24) is 15.2 Å². The largest absolute Gasteiger partial charge is 0.378 e. The van der Waals surface area contributed by atoms with Crippen LogP contribution in [-0.2, 0) is 4.74 Å². The predicted molar refractivity (Wildman–Crippen MR) is 112 cm³/mol. The first kappa shape index (κ1) is 18.2. The fourth-order valence-corrected chi connectivity index (χ4v) is 3.22. The zero-order valence-electron chi connectivity index (χ0n) is 16.1. The summed E-state index contributed by atoms with van der Waals surface area (Å²) in [6.45, 7) is 7.40. The number of morpholine rings is 1. The van der Waals surface area contributed by atoms with Gasteiger partial charge in [-0.15, -0.1) is 5.10 Å². The average Bonchev–Trinajstić information content (AvgIpc) is 2.73. The van der Waals surface area contributed by atoms with E-state index in [1.807, 2.05) is 30.3 Å². The molecular formula is C21H24N6O. The maximum atomic E-state index is 5.47. The van der Waals surface area contributed by atoms with Crippen molar-refractivity contribution in [2.45, 2.75) is 13.8 Å². The smallest absolute Gasteiger partial charge is 0.249 e. The van der Waals surface area contributed by atoms with Crippen LogP contribution in [0.5, 0.6) is 0 Å². The molecule has 1 saturated heterocycles. The van der Waals surface area contributed by atoms with Crippen LogP contribution in [0, 0.1) is 13.8 Å². The van der Waals surface area contributed by atoms with E-state index in [0.29, 0.717) is 11.8 Å². The Bertz CT molecular complexity index is 955. The van der Waals surface area contributed by atoms with E-state index in [2.05, 4.69) is 56.7 Å². The maximum absolute atomic E-state index is 5.47. The summed E-state index contributed by atoms with van der Waals surface area (Å²) in [6.07, 6.45) is 1.63. The maximum Gasteiger partial charge on any atom is 0.249 e. The monoisotopic (exact) mass is 376 g/mol. The van der Waals surface area contributed by atoms with Crippen molar-refractivity contribution in [3.8, 4) is 0 Å². The molecule has 144 valence electrons. The second-order valence-corrected chi connectivity index (χ2v) is 6.78. The van der Waals surface area contributed by atoms with E-state index >= 15 is 0 Å². The van der Waals surface area contributed by atoms with Gasteiger partial charge in [0.05, 0.1) is 30.8 Å². The summed E-state index contributed by atoms with van der Waals surface area (Å²) in [5, 5.41) is 14.9. The predicted octanol–water partition coefficient (Wildman–Crippen LogP) is 3.81. The molecule has 4 rings (SSSR count). The molecule has 2 heterocycles. The number of benzene rings is 2. The molecule has 0 amide bonds. The molecule has 0 aliphatic carbocycles. The third kappa shape index (κ3) is 4.04. The molecule has 28 heavy (non-hydrogen) atoms. The van der Waals surface area contributed by atoms with Crippen LogP contribution in [0.15, 0.2) is 48.7 Å². The molecule has 1 aliphatic heterocycles. The van der Waals surface area contributed by atoms with Gasteiger partial charge in [0.1, 0.15) is 0 Å². The van der Waals surface area contributed by atoms with E-state index < -0.39 is 0 Å². The zero-order chi connectivity index (χ0) is 19.3. The van der Waals surface area contributed by atoms with Crippen LogP contribution < -0.4 is 15.5 Å². The Kier molecular flexibility index (Phi) is 5.34. The first-order valence-electron chi connectivity index (χ1n) is 9.42. The lowest BCUT2D eigenvalue weighted by atomic mass is 10.1. The van der Waals surface area contributed by atoms with Gasteiger partial charge in [-0.25, -0.2) is 0 Å². The van der Waals surface area contributed by atoms with Crippen LogP contribution in [0.1, 0.15) is 11.1 Å². The second kappa shape index (κ2) is 8.22. The average molecular weight is 376 g/mol. The van der Waals surface area contributed by atoms with Crippen LogP contribution >= 0.6 is 0 Å². The first-order valence-corrected chi connectivity index (χ1v) is 9.42. The Morgan fingerprint density at radius 2 is 1.71 bits per heavy atom. The molecule has 7 heteroatoms.